The van der Waals surface area contributed by atoms with Gasteiger partial charge in [-0.2, -0.15) is 0 Å². The molecule has 2 N–H and O–H groups in total. The quantitative estimate of drug-likeness (QED) is 0.586. The predicted molar refractivity (Wildman–Crippen MR) is 76.2 cm³/mol. The van der Waals surface area contributed by atoms with Crippen LogP contribution in [0, 0.1) is 10.1 Å². The third kappa shape index (κ3) is 2.10. The van der Waals surface area contributed by atoms with Gasteiger partial charge in [0, 0.05) is 12.1 Å². The molecule has 0 aliphatic heterocycles. The highest BCUT2D eigenvalue weighted by Gasteiger charge is 2.17. The summed E-state index contributed by atoms with van der Waals surface area (Å²) in [5.41, 5.74) is 7.23. The summed E-state index contributed by atoms with van der Waals surface area (Å²) in [5.74, 6) is -0.730. The Balaban J connectivity index is 2.27. The summed E-state index contributed by atoms with van der Waals surface area (Å²) < 4.78 is 1.68. The van der Waals surface area contributed by atoms with E-state index in [9.17, 15) is 14.9 Å². The molecule has 7 heteroatoms. The van der Waals surface area contributed by atoms with Gasteiger partial charge in [-0.15, -0.1) is 0 Å². The summed E-state index contributed by atoms with van der Waals surface area (Å²) in [4.78, 5) is 26.1. The zero-order chi connectivity index (χ0) is 15.0. The second-order valence-electron chi connectivity index (χ2n) is 4.43. The topological polar surface area (TPSA) is 104 Å². The van der Waals surface area contributed by atoms with Crippen LogP contribution in [0.3, 0.4) is 0 Å². The van der Waals surface area contributed by atoms with E-state index in [4.69, 9.17) is 5.73 Å². The number of primary amides is 1. The lowest BCUT2D eigenvalue weighted by Gasteiger charge is -2.08. The summed E-state index contributed by atoms with van der Waals surface area (Å²) in [6.45, 7) is 0. The largest absolute Gasteiger partial charge is 0.366 e. The summed E-state index contributed by atoms with van der Waals surface area (Å²) in [7, 11) is 0. The maximum Gasteiger partial charge on any atom is 0.270 e. The van der Waals surface area contributed by atoms with Crippen molar-refractivity contribution in [3.8, 4) is 5.69 Å². The highest BCUT2D eigenvalue weighted by atomic mass is 16.6. The van der Waals surface area contributed by atoms with Crippen LogP contribution in [0.4, 0.5) is 5.69 Å². The first-order valence-corrected chi connectivity index (χ1v) is 6.08. The molecule has 0 spiro atoms. The van der Waals surface area contributed by atoms with Crippen LogP contribution in [0.2, 0.25) is 0 Å². The van der Waals surface area contributed by atoms with Crippen LogP contribution < -0.4 is 5.73 Å². The van der Waals surface area contributed by atoms with E-state index in [1.807, 2.05) is 24.3 Å². The first-order valence-electron chi connectivity index (χ1n) is 6.08. The van der Waals surface area contributed by atoms with E-state index in [1.165, 1.54) is 18.2 Å². The normalized spacial score (nSPS) is 10.7. The maximum absolute atomic E-state index is 11.6. The average Bonchev–Trinajstić information content (AvgIpc) is 2.90. The molecule has 0 aliphatic carbocycles. The molecule has 3 rings (SSSR count). The number of non-ortho nitro benzene ring substituents is 1. The molecule has 0 radical (unpaired) electrons. The van der Waals surface area contributed by atoms with Crippen molar-refractivity contribution in [3.05, 3.63) is 64.5 Å². The molecule has 2 aromatic carbocycles. The number of carbonyl (C=O) groups is 1. The molecular weight excluding hydrogens is 272 g/mol. The Hall–Kier alpha value is -3.22. The minimum atomic E-state index is -0.730. The van der Waals surface area contributed by atoms with E-state index in [0.29, 0.717) is 5.69 Å². The molecule has 0 unspecified atom stereocenters. The van der Waals surface area contributed by atoms with Gasteiger partial charge in [0.1, 0.15) is 6.33 Å². The maximum atomic E-state index is 11.6. The van der Waals surface area contributed by atoms with Crippen molar-refractivity contribution >= 4 is 22.6 Å². The molecule has 1 heterocycles. The van der Waals surface area contributed by atoms with Crippen molar-refractivity contribution in [3.63, 3.8) is 0 Å². The Morgan fingerprint density at radius 1 is 1.24 bits per heavy atom. The number of hydrogen-bond donors (Lipinski definition) is 1. The number of fused-ring (bicyclic) bond motifs is 1. The number of nitrogens with zero attached hydrogens (tertiary/aromatic N) is 3. The Morgan fingerprint density at radius 3 is 2.71 bits per heavy atom. The van der Waals surface area contributed by atoms with Gasteiger partial charge in [-0.1, -0.05) is 12.1 Å². The van der Waals surface area contributed by atoms with E-state index < -0.39 is 10.8 Å². The SMILES string of the molecule is NC(=O)c1cc([N+](=O)[O-])ccc1-n1cnc2ccccc21. The van der Waals surface area contributed by atoms with E-state index >= 15 is 0 Å². The minimum absolute atomic E-state index is 0.0763. The summed E-state index contributed by atoms with van der Waals surface area (Å²) >= 11 is 0. The van der Waals surface area contributed by atoms with Crippen molar-refractivity contribution in [2.24, 2.45) is 5.73 Å². The van der Waals surface area contributed by atoms with Crippen molar-refractivity contribution in [2.45, 2.75) is 0 Å². The second kappa shape index (κ2) is 4.71. The first kappa shape index (κ1) is 12.8. The van der Waals surface area contributed by atoms with Crippen LogP contribution in [-0.4, -0.2) is 20.4 Å². The Kier molecular flexibility index (Phi) is 2.87. The van der Waals surface area contributed by atoms with Crippen LogP contribution in [-0.2, 0) is 0 Å². The smallest absolute Gasteiger partial charge is 0.270 e. The van der Waals surface area contributed by atoms with Crippen LogP contribution in [0.15, 0.2) is 48.8 Å². The van der Waals surface area contributed by atoms with Gasteiger partial charge in [-0.05, 0) is 18.2 Å². The Bertz CT molecular complexity index is 870. The molecule has 3 aromatic rings. The Labute approximate surface area is 118 Å². The van der Waals surface area contributed by atoms with Gasteiger partial charge in [-0.3, -0.25) is 19.5 Å². The van der Waals surface area contributed by atoms with E-state index in [0.717, 1.165) is 11.0 Å². The fourth-order valence-electron chi connectivity index (χ4n) is 2.20. The van der Waals surface area contributed by atoms with Gasteiger partial charge < -0.3 is 5.73 Å². The average molecular weight is 282 g/mol. The van der Waals surface area contributed by atoms with Gasteiger partial charge >= 0.3 is 0 Å². The number of nitro benzene ring substituents is 1. The molecule has 21 heavy (non-hydrogen) atoms. The van der Waals surface area contributed by atoms with Crippen LogP contribution >= 0.6 is 0 Å². The number of rotatable bonds is 3. The zero-order valence-electron chi connectivity index (χ0n) is 10.8. The number of hydrogen-bond acceptors (Lipinski definition) is 4. The number of para-hydroxylation sites is 2. The fraction of sp³-hybridized carbons (Fsp3) is 0. The lowest BCUT2D eigenvalue weighted by atomic mass is 10.1. The lowest BCUT2D eigenvalue weighted by molar-refractivity contribution is -0.384. The lowest BCUT2D eigenvalue weighted by Crippen LogP contribution is -2.15. The number of nitrogens with two attached hydrogens (primary N) is 1. The molecule has 0 saturated heterocycles. The molecule has 7 nitrogen and oxygen atoms in total. The molecule has 0 bridgehead atoms. The number of benzene rings is 2. The van der Waals surface area contributed by atoms with E-state index in [2.05, 4.69) is 4.98 Å². The molecule has 0 fully saturated rings. The fourth-order valence-corrected chi connectivity index (χ4v) is 2.20. The zero-order valence-corrected chi connectivity index (χ0v) is 10.8. The molecule has 0 atom stereocenters. The molecule has 0 aliphatic rings. The number of carbonyl (C=O) groups excluding carboxylic acids is 1. The van der Waals surface area contributed by atoms with Gasteiger partial charge in [0.2, 0.25) is 0 Å². The van der Waals surface area contributed by atoms with E-state index in [1.54, 1.807) is 10.9 Å². The minimum Gasteiger partial charge on any atom is -0.366 e. The molecule has 1 aromatic heterocycles. The van der Waals surface area contributed by atoms with Gasteiger partial charge in [0.25, 0.3) is 11.6 Å². The highest BCUT2D eigenvalue weighted by molar-refractivity contribution is 5.98. The van der Waals surface area contributed by atoms with Crippen molar-refractivity contribution < 1.29 is 9.72 Å². The third-order valence-corrected chi connectivity index (χ3v) is 3.17. The monoisotopic (exact) mass is 282 g/mol. The molecule has 104 valence electrons. The van der Waals surface area contributed by atoms with Crippen molar-refractivity contribution in [2.75, 3.05) is 0 Å². The van der Waals surface area contributed by atoms with Crippen molar-refractivity contribution in [1.29, 1.82) is 0 Å². The van der Waals surface area contributed by atoms with Gasteiger partial charge in [0.15, 0.2) is 0 Å². The highest BCUT2D eigenvalue weighted by Crippen LogP contribution is 2.24. The van der Waals surface area contributed by atoms with Crippen molar-refractivity contribution in [1.82, 2.24) is 9.55 Å². The predicted octanol–water partition coefficient (Wildman–Crippen LogP) is 2.03. The van der Waals surface area contributed by atoms with E-state index in [-0.39, 0.29) is 11.3 Å². The second-order valence-corrected chi connectivity index (χ2v) is 4.43. The summed E-state index contributed by atoms with van der Waals surface area (Å²) in [6.07, 6.45) is 1.55. The first-order chi connectivity index (χ1) is 10.1. The number of imidazole rings is 1. The number of aromatic nitrogens is 2. The molecular formula is C14H10N4O3. The van der Waals surface area contributed by atoms with Gasteiger partial charge in [0.05, 0.1) is 27.2 Å². The van der Waals surface area contributed by atoms with Crippen LogP contribution in [0.25, 0.3) is 16.7 Å². The third-order valence-electron chi connectivity index (χ3n) is 3.17. The van der Waals surface area contributed by atoms with Gasteiger partial charge in [-0.25, -0.2) is 4.98 Å². The van der Waals surface area contributed by atoms with Crippen LogP contribution in [0.5, 0.6) is 0 Å². The molecule has 0 saturated carbocycles. The number of amides is 1. The summed E-state index contributed by atoms with van der Waals surface area (Å²) in [6, 6.07) is 11.4. The number of nitro groups is 1. The molecule has 1 amide bonds. The standard InChI is InChI=1S/C14H10N4O3/c15-14(19)10-7-9(18(20)21)5-6-12(10)17-8-16-11-3-1-2-4-13(11)17/h1-8H,(H2,15,19). The van der Waals surface area contributed by atoms with Crippen LogP contribution in [0.1, 0.15) is 10.4 Å². The summed E-state index contributed by atoms with van der Waals surface area (Å²) in [5, 5.41) is 10.8. The Morgan fingerprint density at radius 2 is 2.00 bits per heavy atom.